The third-order valence-corrected chi connectivity index (χ3v) is 12.4. The van der Waals surface area contributed by atoms with Gasteiger partial charge in [0.15, 0.2) is 0 Å². The van der Waals surface area contributed by atoms with Crippen molar-refractivity contribution in [3.63, 3.8) is 0 Å². The smallest absolute Gasteiger partial charge is 0.0945 e. The van der Waals surface area contributed by atoms with Crippen LogP contribution < -0.4 is 5.32 Å². The fourth-order valence-corrected chi connectivity index (χ4v) is 10.5. The van der Waals surface area contributed by atoms with Crippen molar-refractivity contribution in [2.45, 2.75) is 130 Å². The van der Waals surface area contributed by atoms with Gasteiger partial charge in [-0.05, 0) is 117 Å². The maximum absolute atomic E-state index is 10.7. The highest BCUT2D eigenvalue weighted by Crippen LogP contribution is 2.68. The van der Waals surface area contributed by atoms with Gasteiger partial charge < -0.3 is 15.0 Å². The predicted octanol–water partition coefficient (Wildman–Crippen LogP) is 7.32. The Morgan fingerprint density at radius 3 is 2.49 bits per heavy atom. The van der Waals surface area contributed by atoms with Gasteiger partial charge in [0, 0.05) is 25.0 Å². The Kier molecular flexibility index (Phi) is 8.47. The van der Waals surface area contributed by atoms with Crippen molar-refractivity contribution in [1.82, 2.24) is 14.9 Å². The van der Waals surface area contributed by atoms with Gasteiger partial charge in [-0.2, -0.15) is 0 Å². The van der Waals surface area contributed by atoms with Gasteiger partial charge >= 0.3 is 0 Å². The van der Waals surface area contributed by atoms with Gasteiger partial charge in [0.05, 0.1) is 12.4 Å². The summed E-state index contributed by atoms with van der Waals surface area (Å²) in [4.78, 5) is 4.20. The number of fused-ring (bicyclic) bond motifs is 5. The van der Waals surface area contributed by atoms with Crippen LogP contribution >= 0.6 is 0 Å². The first-order valence-electron chi connectivity index (χ1n) is 16.1. The second-order valence-electron chi connectivity index (χ2n) is 14.9. The molecule has 4 fully saturated rings. The number of imidazole rings is 1. The summed E-state index contributed by atoms with van der Waals surface area (Å²) < 4.78 is 2.20. The van der Waals surface area contributed by atoms with Gasteiger partial charge in [-0.1, -0.05) is 53.9 Å². The largest absolute Gasteiger partial charge is 0.393 e. The fourth-order valence-electron chi connectivity index (χ4n) is 10.5. The molecule has 1 aromatic heterocycles. The van der Waals surface area contributed by atoms with E-state index in [4.69, 9.17) is 0 Å². The van der Waals surface area contributed by atoms with Crippen molar-refractivity contribution >= 4 is 0 Å². The van der Waals surface area contributed by atoms with E-state index in [1.807, 2.05) is 12.5 Å². The summed E-state index contributed by atoms with van der Waals surface area (Å²) in [6.07, 6.45) is 21.6. The molecule has 4 aliphatic carbocycles. The number of hydrogen-bond donors (Lipinski definition) is 2. The second kappa shape index (κ2) is 11.3. The molecule has 37 heavy (non-hydrogen) atoms. The molecule has 0 aromatic carbocycles. The van der Waals surface area contributed by atoms with Crippen LogP contribution in [0.25, 0.3) is 0 Å². The molecule has 4 unspecified atom stereocenters. The fraction of sp³-hybridized carbons (Fsp3) is 0.909. The predicted molar refractivity (Wildman–Crippen MR) is 153 cm³/mol. The first kappa shape index (κ1) is 27.7. The van der Waals surface area contributed by atoms with Crippen LogP contribution in [-0.2, 0) is 6.54 Å². The second-order valence-corrected chi connectivity index (χ2v) is 14.9. The Morgan fingerprint density at radius 1 is 0.946 bits per heavy atom. The summed E-state index contributed by atoms with van der Waals surface area (Å²) in [6, 6.07) is 0.564. The van der Waals surface area contributed by atoms with Gasteiger partial charge in [0.2, 0.25) is 0 Å². The van der Waals surface area contributed by atoms with E-state index in [0.717, 1.165) is 67.9 Å². The topological polar surface area (TPSA) is 50.1 Å². The van der Waals surface area contributed by atoms with Crippen LogP contribution in [0, 0.1) is 52.3 Å². The van der Waals surface area contributed by atoms with Crippen molar-refractivity contribution in [2.24, 2.45) is 52.3 Å². The molecule has 1 aromatic rings. The maximum Gasteiger partial charge on any atom is 0.0945 e. The number of nitrogens with one attached hydrogen (secondary N) is 1. The van der Waals surface area contributed by atoms with E-state index in [0.29, 0.717) is 22.8 Å². The van der Waals surface area contributed by atoms with Crippen LogP contribution in [0.4, 0.5) is 0 Å². The van der Waals surface area contributed by atoms with Crippen molar-refractivity contribution in [3.8, 4) is 0 Å². The molecule has 0 amide bonds. The van der Waals surface area contributed by atoms with Gasteiger partial charge in [-0.15, -0.1) is 0 Å². The van der Waals surface area contributed by atoms with Crippen LogP contribution in [0.15, 0.2) is 18.7 Å². The average Bonchev–Trinajstić information content (AvgIpc) is 3.49. The number of aliphatic hydroxyl groups excluding tert-OH is 1. The molecule has 1 heterocycles. The van der Waals surface area contributed by atoms with Crippen molar-refractivity contribution < 1.29 is 5.11 Å². The van der Waals surface area contributed by atoms with E-state index < -0.39 is 0 Å². The first-order valence-corrected chi connectivity index (χ1v) is 16.1. The Labute approximate surface area is 227 Å². The molecule has 0 bridgehead atoms. The SMILES string of the molecule is CC(C)CCC[C@@H](C)[C@H]1CCC2C3C[C@@H](NCCCn4ccnc4)C4C[C@@H](O)CC[C@]4(C)C3CC[C@@]21C. The lowest BCUT2D eigenvalue weighted by atomic mass is 9.43. The lowest BCUT2D eigenvalue weighted by Crippen LogP contribution is -2.61. The average molecular weight is 512 g/mol. The summed E-state index contributed by atoms with van der Waals surface area (Å²) in [5.74, 6) is 5.90. The van der Waals surface area contributed by atoms with Crippen LogP contribution in [-0.4, -0.2) is 33.3 Å². The quantitative estimate of drug-likeness (QED) is 0.323. The molecule has 5 rings (SSSR count). The number of aromatic nitrogens is 2. The van der Waals surface area contributed by atoms with Gasteiger partial charge in [0.1, 0.15) is 0 Å². The summed E-state index contributed by atoms with van der Waals surface area (Å²) >= 11 is 0. The van der Waals surface area contributed by atoms with Crippen LogP contribution in [0.5, 0.6) is 0 Å². The summed E-state index contributed by atoms with van der Waals surface area (Å²) in [5.41, 5.74) is 0.939. The first-order chi connectivity index (χ1) is 17.7. The van der Waals surface area contributed by atoms with Crippen molar-refractivity contribution in [2.75, 3.05) is 6.54 Å². The highest BCUT2D eigenvalue weighted by molar-refractivity contribution is 5.12. The zero-order valence-electron chi connectivity index (χ0n) is 24.7. The molecule has 10 atom stereocenters. The Hall–Kier alpha value is -0.870. The van der Waals surface area contributed by atoms with Gasteiger partial charge in [-0.3, -0.25) is 0 Å². The zero-order valence-corrected chi connectivity index (χ0v) is 24.7. The van der Waals surface area contributed by atoms with E-state index in [1.165, 1.54) is 57.8 Å². The molecule has 4 aliphatic rings. The summed E-state index contributed by atoms with van der Waals surface area (Å²) in [7, 11) is 0. The Morgan fingerprint density at radius 2 is 1.73 bits per heavy atom. The molecule has 0 spiro atoms. The minimum Gasteiger partial charge on any atom is -0.393 e. The van der Waals surface area contributed by atoms with Crippen molar-refractivity contribution in [1.29, 1.82) is 0 Å². The molecule has 0 saturated heterocycles. The zero-order chi connectivity index (χ0) is 26.2. The highest BCUT2D eigenvalue weighted by atomic mass is 16.3. The lowest BCUT2D eigenvalue weighted by molar-refractivity contribution is -0.141. The molecule has 0 radical (unpaired) electrons. The molecule has 0 aliphatic heterocycles. The van der Waals surface area contributed by atoms with E-state index in [-0.39, 0.29) is 6.10 Å². The van der Waals surface area contributed by atoms with E-state index >= 15 is 0 Å². The summed E-state index contributed by atoms with van der Waals surface area (Å²) in [6.45, 7) is 14.8. The normalized spacial score (nSPS) is 42.3. The van der Waals surface area contributed by atoms with Crippen LogP contribution in [0.2, 0.25) is 0 Å². The molecular formula is C33H57N3O. The minimum absolute atomic E-state index is 0.0960. The van der Waals surface area contributed by atoms with Gasteiger partial charge in [-0.25, -0.2) is 4.98 Å². The molecular weight excluding hydrogens is 454 g/mol. The van der Waals surface area contributed by atoms with Crippen LogP contribution in [0.1, 0.15) is 112 Å². The maximum atomic E-state index is 10.7. The molecule has 4 nitrogen and oxygen atoms in total. The number of aliphatic hydroxyl groups is 1. The standard InChI is InChI=1S/C33H57N3O/c1-23(2)8-6-9-24(3)27-10-11-28-26-21-31(35-16-7-18-36-19-17-34-22-36)30-20-25(37)12-14-33(30,5)29(26)13-15-32(27,28)4/h17,19,22-31,35,37H,6-16,18,20-21H2,1-5H3/t24-,25+,26?,27-,28?,29?,30?,31-,32-,33-/m1/s1. The molecule has 2 N–H and O–H groups in total. The number of hydrogen-bond acceptors (Lipinski definition) is 3. The summed E-state index contributed by atoms with van der Waals surface area (Å²) in [5, 5.41) is 14.8. The minimum atomic E-state index is -0.0960. The van der Waals surface area contributed by atoms with E-state index in [2.05, 4.69) is 55.7 Å². The lowest BCUT2D eigenvalue weighted by Gasteiger charge is -2.63. The Bertz CT molecular complexity index is 854. The highest BCUT2D eigenvalue weighted by Gasteiger charge is 2.62. The Balaban J connectivity index is 1.29. The van der Waals surface area contributed by atoms with E-state index in [9.17, 15) is 5.11 Å². The third kappa shape index (κ3) is 5.45. The van der Waals surface area contributed by atoms with Gasteiger partial charge in [0.25, 0.3) is 0 Å². The number of aryl methyl sites for hydroxylation is 1. The van der Waals surface area contributed by atoms with E-state index in [1.54, 1.807) is 0 Å². The number of nitrogens with zero attached hydrogens (tertiary/aromatic N) is 2. The third-order valence-electron chi connectivity index (χ3n) is 12.4. The molecule has 4 saturated carbocycles. The molecule has 210 valence electrons. The van der Waals surface area contributed by atoms with Crippen LogP contribution in [0.3, 0.4) is 0 Å². The monoisotopic (exact) mass is 511 g/mol. The number of rotatable bonds is 10. The molecule has 4 heteroatoms. The van der Waals surface area contributed by atoms with Crippen molar-refractivity contribution in [3.05, 3.63) is 18.7 Å².